The van der Waals surface area contributed by atoms with Gasteiger partial charge in [0.2, 0.25) is 0 Å². The van der Waals surface area contributed by atoms with Gasteiger partial charge in [-0.1, -0.05) is 66.7 Å². The first kappa shape index (κ1) is 13.6. The van der Waals surface area contributed by atoms with Crippen LogP contribution in [0.15, 0.2) is 78.9 Å². The minimum absolute atomic E-state index is 0.865. The second-order valence-corrected chi connectivity index (χ2v) is 6.49. The molecule has 26 heavy (non-hydrogen) atoms. The second-order valence-electron chi connectivity index (χ2n) is 6.49. The van der Waals surface area contributed by atoms with Crippen LogP contribution in [0.4, 0.5) is 0 Å². The monoisotopic (exact) mass is 334 g/mol. The zero-order valence-electron chi connectivity index (χ0n) is 13.8. The summed E-state index contributed by atoms with van der Waals surface area (Å²) in [5.74, 6) is 0.865. The zero-order chi connectivity index (χ0) is 17.1. The van der Waals surface area contributed by atoms with E-state index in [9.17, 15) is 0 Å². The van der Waals surface area contributed by atoms with Crippen LogP contribution in [-0.4, -0.2) is 19.6 Å². The van der Waals surface area contributed by atoms with Crippen LogP contribution in [0.5, 0.6) is 0 Å². The maximum atomic E-state index is 4.59. The second kappa shape index (κ2) is 4.92. The number of hydrogen-bond donors (Lipinski definition) is 1. The van der Waals surface area contributed by atoms with Gasteiger partial charge in [-0.3, -0.25) is 4.40 Å². The molecule has 0 radical (unpaired) electrons. The Bertz CT molecular complexity index is 1420. The summed E-state index contributed by atoms with van der Waals surface area (Å²) in [4.78, 5) is 3.58. The summed E-state index contributed by atoms with van der Waals surface area (Å²) >= 11 is 0. The van der Waals surface area contributed by atoms with E-state index in [0.29, 0.717) is 0 Å². The Balaban J connectivity index is 1.92. The van der Waals surface area contributed by atoms with Crippen molar-refractivity contribution < 1.29 is 0 Å². The molecule has 1 N–H and O–H groups in total. The van der Waals surface area contributed by atoms with Crippen molar-refractivity contribution in [3.63, 3.8) is 0 Å². The third-order valence-electron chi connectivity index (χ3n) is 5.04. The standard InChI is InChI=1S/C22H14N4/c1-2-8-14(9-3-1)21-24-25-22-19-15-10-4-6-12-17(15)23-20(19)16-11-5-7-13-18(16)26(21)22/h1-13,23H. The van der Waals surface area contributed by atoms with E-state index in [-0.39, 0.29) is 0 Å². The molecule has 6 rings (SSSR count). The van der Waals surface area contributed by atoms with Crippen LogP contribution in [0.3, 0.4) is 0 Å². The normalized spacial score (nSPS) is 11.8. The van der Waals surface area contributed by atoms with E-state index in [1.807, 2.05) is 18.2 Å². The smallest absolute Gasteiger partial charge is 0.171 e. The summed E-state index contributed by atoms with van der Waals surface area (Å²) in [6, 6.07) is 27.0. The molecule has 3 heterocycles. The number of hydrogen-bond acceptors (Lipinski definition) is 2. The fourth-order valence-electron chi connectivity index (χ4n) is 3.90. The topological polar surface area (TPSA) is 46.0 Å². The van der Waals surface area contributed by atoms with Crippen LogP contribution in [0.25, 0.3) is 49.7 Å². The molecule has 0 saturated heterocycles. The molecular weight excluding hydrogens is 320 g/mol. The Labute approximate surface area is 148 Å². The van der Waals surface area contributed by atoms with Crippen LogP contribution >= 0.6 is 0 Å². The van der Waals surface area contributed by atoms with Crippen molar-refractivity contribution in [2.75, 3.05) is 0 Å². The number of nitrogens with zero attached hydrogens (tertiary/aromatic N) is 3. The molecule has 6 aromatic rings. The summed E-state index contributed by atoms with van der Waals surface area (Å²) in [5.41, 5.74) is 5.27. The number of aromatic nitrogens is 4. The van der Waals surface area contributed by atoms with Gasteiger partial charge in [-0.25, -0.2) is 0 Å². The highest BCUT2D eigenvalue weighted by atomic mass is 15.3. The van der Waals surface area contributed by atoms with Gasteiger partial charge in [0.15, 0.2) is 11.5 Å². The molecule has 3 aromatic carbocycles. The minimum atomic E-state index is 0.865. The van der Waals surface area contributed by atoms with Crippen molar-refractivity contribution in [2.45, 2.75) is 0 Å². The number of benzene rings is 3. The van der Waals surface area contributed by atoms with Gasteiger partial charge < -0.3 is 4.98 Å². The Morgan fingerprint density at radius 1 is 0.692 bits per heavy atom. The van der Waals surface area contributed by atoms with E-state index in [1.165, 1.54) is 10.8 Å². The number of pyridine rings is 1. The molecule has 0 aliphatic rings. The minimum Gasteiger partial charge on any atom is -0.354 e. The highest BCUT2D eigenvalue weighted by molar-refractivity contribution is 6.21. The van der Waals surface area contributed by atoms with Gasteiger partial charge in [0.1, 0.15) is 0 Å². The fraction of sp³-hybridized carbons (Fsp3) is 0. The number of nitrogens with one attached hydrogen (secondary N) is 1. The molecular formula is C22H14N4. The molecule has 0 unspecified atom stereocenters. The Kier molecular flexibility index (Phi) is 2.58. The van der Waals surface area contributed by atoms with Gasteiger partial charge in [0.05, 0.1) is 16.4 Å². The van der Waals surface area contributed by atoms with Crippen molar-refractivity contribution in [2.24, 2.45) is 0 Å². The summed E-state index contributed by atoms with van der Waals surface area (Å²) < 4.78 is 2.17. The zero-order valence-corrected chi connectivity index (χ0v) is 13.8. The highest BCUT2D eigenvalue weighted by Crippen LogP contribution is 2.35. The lowest BCUT2D eigenvalue weighted by atomic mass is 10.1. The van der Waals surface area contributed by atoms with Gasteiger partial charge in [0, 0.05) is 21.9 Å². The summed E-state index contributed by atoms with van der Waals surface area (Å²) in [6.45, 7) is 0. The van der Waals surface area contributed by atoms with Crippen molar-refractivity contribution in [3.05, 3.63) is 78.9 Å². The first-order valence-electron chi connectivity index (χ1n) is 8.63. The molecule has 0 aliphatic heterocycles. The number of fused-ring (bicyclic) bond motifs is 8. The average molecular weight is 334 g/mol. The largest absolute Gasteiger partial charge is 0.354 e. The van der Waals surface area contributed by atoms with Crippen LogP contribution in [-0.2, 0) is 0 Å². The molecule has 0 amide bonds. The van der Waals surface area contributed by atoms with Crippen LogP contribution in [0, 0.1) is 0 Å². The molecule has 4 heteroatoms. The number of rotatable bonds is 1. The van der Waals surface area contributed by atoms with Gasteiger partial charge >= 0.3 is 0 Å². The molecule has 0 atom stereocenters. The van der Waals surface area contributed by atoms with Gasteiger partial charge in [0.25, 0.3) is 0 Å². The van der Waals surface area contributed by atoms with Crippen molar-refractivity contribution >= 4 is 38.4 Å². The Morgan fingerprint density at radius 2 is 1.42 bits per heavy atom. The predicted octanol–water partition coefficient (Wildman–Crippen LogP) is 5.18. The Morgan fingerprint density at radius 3 is 2.31 bits per heavy atom. The van der Waals surface area contributed by atoms with E-state index >= 15 is 0 Å². The van der Waals surface area contributed by atoms with E-state index in [1.54, 1.807) is 0 Å². The maximum absolute atomic E-state index is 4.59. The Hall–Kier alpha value is -3.66. The van der Waals surface area contributed by atoms with Crippen molar-refractivity contribution in [1.29, 1.82) is 0 Å². The third-order valence-corrected chi connectivity index (χ3v) is 5.04. The third kappa shape index (κ3) is 1.68. The average Bonchev–Trinajstić information content (AvgIpc) is 3.31. The molecule has 0 bridgehead atoms. The number of aromatic amines is 1. The fourth-order valence-corrected chi connectivity index (χ4v) is 3.90. The molecule has 4 nitrogen and oxygen atoms in total. The van der Waals surface area contributed by atoms with Gasteiger partial charge in [-0.05, 0) is 12.1 Å². The van der Waals surface area contributed by atoms with Gasteiger partial charge in [-0.15, -0.1) is 10.2 Å². The van der Waals surface area contributed by atoms with E-state index in [4.69, 9.17) is 0 Å². The molecule has 0 spiro atoms. The lowest BCUT2D eigenvalue weighted by Gasteiger charge is -2.07. The molecule has 122 valence electrons. The quantitative estimate of drug-likeness (QED) is 0.450. The first-order chi connectivity index (χ1) is 12.9. The van der Waals surface area contributed by atoms with E-state index in [0.717, 1.165) is 39.0 Å². The number of H-pyrrole nitrogens is 1. The van der Waals surface area contributed by atoms with Crippen molar-refractivity contribution in [3.8, 4) is 11.4 Å². The first-order valence-corrected chi connectivity index (χ1v) is 8.63. The van der Waals surface area contributed by atoms with Crippen molar-refractivity contribution in [1.82, 2.24) is 19.6 Å². The van der Waals surface area contributed by atoms with Crippen LogP contribution in [0.1, 0.15) is 0 Å². The summed E-state index contributed by atoms with van der Waals surface area (Å²) in [5, 5.41) is 12.6. The predicted molar refractivity (Wildman–Crippen MR) is 105 cm³/mol. The number of para-hydroxylation sites is 2. The SMILES string of the molecule is c1ccc(-c2nnc3c4c5ccccc5[nH]c4c4ccccc4n23)cc1. The van der Waals surface area contributed by atoms with E-state index < -0.39 is 0 Å². The molecule has 0 fully saturated rings. The maximum Gasteiger partial charge on any atom is 0.171 e. The summed E-state index contributed by atoms with van der Waals surface area (Å²) in [7, 11) is 0. The van der Waals surface area contributed by atoms with Crippen LogP contribution < -0.4 is 0 Å². The molecule has 3 aromatic heterocycles. The van der Waals surface area contributed by atoms with Crippen LogP contribution in [0.2, 0.25) is 0 Å². The van der Waals surface area contributed by atoms with E-state index in [2.05, 4.69) is 80.2 Å². The highest BCUT2D eigenvalue weighted by Gasteiger charge is 2.18. The lowest BCUT2D eigenvalue weighted by Crippen LogP contribution is -1.93. The van der Waals surface area contributed by atoms with Gasteiger partial charge in [-0.2, -0.15) is 0 Å². The lowest BCUT2D eigenvalue weighted by molar-refractivity contribution is 1.12. The molecule has 0 saturated carbocycles. The molecule has 0 aliphatic carbocycles. The summed E-state index contributed by atoms with van der Waals surface area (Å²) in [6.07, 6.45) is 0.